The van der Waals surface area contributed by atoms with Crippen molar-refractivity contribution >= 4 is 22.7 Å². The summed E-state index contributed by atoms with van der Waals surface area (Å²) in [5.74, 6) is -1.67. The molecule has 0 spiro atoms. The second kappa shape index (κ2) is 9.02. The normalized spacial score (nSPS) is 18.7. The number of pyridine rings is 1. The lowest BCUT2D eigenvalue weighted by molar-refractivity contribution is 0.0677. The van der Waals surface area contributed by atoms with Crippen molar-refractivity contribution in [2.45, 2.75) is 44.2 Å². The van der Waals surface area contributed by atoms with Crippen LogP contribution in [0.1, 0.15) is 58.6 Å². The summed E-state index contributed by atoms with van der Waals surface area (Å²) >= 11 is 0. The van der Waals surface area contributed by atoms with Crippen molar-refractivity contribution in [3.05, 3.63) is 65.5 Å². The van der Waals surface area contributed by atoms with E-state index in [1.54, 1.807) is 24.1 Å². The zero-order valence-electron chi connectivity index (χ0n) is 17.4. The van der Waals surface area contributed by atoms with Crippen LogP contribution < -0.4 is 5.32 Å². The summed E-state index contributed by atoms with van der Waals surface area (Å²) in [7, 11) is 1.71. The maximum absolute atomic E-state index is 14.1. The van der Waals surface area contributed by atoms with Crippen LogP contribution in [0.4, 0.5) is 13.2 Å². The summed E-state index contributed by atoms with van der Waals surface area (Å²) < 4.78 is 44.0. The van der Waals surface area contributed by atoms with Crippen molar-refractivity contribution in [3.8, 4) is 0 Å². The Labute approximate surface area is 182 Å². The molecule has 0 bridgehead atoms. The number of hydrogen-bond donors (Lipinski definition) is 1. The second-order valence-electron chi connectivity index (χ2n) is 7.93. The lowest BCUT2D eigenvalue weighted by atomic mass is 9.89. The minimum absolute atomic E-state index is 0.0428. The van der Waals surface area contributed by atoms with Gasteiger partial charge < -0.3 is 14.6 Å². The predicted molar refractivity (Wildman–Crippen MR) is 111 cm³/mol. The SMILES string of the molecule is CN(C(=O)c1ccc(F)c2cccnc12)C1CCC(NC(=O)c2coc(C(F)F)c2)CC1. The number of alkyl halides is 2. The van der Waals surface area contributed by atoms with Crippen LogP contribution in [0.5, 0.6) is 0 Å². The van der Waals surface area contributed by atoms with Crippen molar-refractivity contribution in [3.63, 3.8) is 0 Å². The minimum atomic E-state index is -2.77. The number of benzene rings is 1. The first-order valence-electron chi connectivity index (χ1n) is 10.3. The van der Waals surface area contributed by atoms with Crippen LogP contribution in [0.25, 0.3) is 10.9 Å². The van der Waals surface area contributed by atoms with Crippen LogP contribution >= 0.6 is 0 Å². The van der Waals surface area contributed by atoms with E-state index in [9.17, 15) is 22.8 Å². The highest BCUT2D eigenvalue weighted by atomic mass is 19.3. The molecule has 2 amide bonds. The number of nitrogens with one attached hydrogen (secondary N) is 1. The van der Waals surface area contributed by atoms with E-state index in [0.717, 1.165) is 12.3 Å². The zero-order chi connectivity index (χ0) is 22.8. The number of carbonyl (C=O) groups excluding carboxylic acids is 2. The van der Waals surface area contributed by atoms with Gasteiger partial charge >= 0.3 is 0 Å². The molecular formula is C23H22F3N3O3. The van der Waals surface area contributed by atoms with Crippen LogP contribution in [0.3, 0.4) is 0 Å². The minimum Gasteiger partial charge on any atom is -0.462 e. The number of carbonyl (C=O) groups is 2. The first-order valence-corrected chi connectivity index (χ1v) is 10.3. The maximum atomic E-state index is 14.1. The molecule has 0 radical (unpaired) electrons. The Morgan fingerprint density at radius 1 is 1.19 bits per heavy atom. The standard InChI is InChI=1S/C23H22F3N3O3/c1-29(23(31)17-8-9-18(24)16-3-2-10-27-20(16)17)15-6-4-14(5-7-15)28-22(30)13-11-19(21(25)26)32-12-13/h2-3,8-12,14-15,21H,4-7H2,1H3,(H,28,30). The monoisotopic (exact) mass is 445 g/mol. The Hall–Kier alpha value is -3.36. The van der Waals surface area contributed by atoms with Gasteiger partial charge in [0.25, 0.3) is 18.2 Å². The predicted octanol–water partition coefficient (Wildman–Crippen LogP) is 4.72. The molecule has 168 valence electrons. The molecule has 0 saturated heterocycles. The smallest absolute Gasteiger partial charge is 0.295 e. The zero-order valence-corrected chi connectivity index (χ0v) is 17.4. The number of hydrogen-bond acceptors (Lipinski definition) is 4. The first-order chi connectivity index (χ1) is 15.3. The second-order valence-corrected chi connectivity index (χ2v) is 7.93. The van der Waals surface area contributed by atoms with E-state index in [-0.39, 0.29) is 23.6 Å². The summed E-state index contributed by atoms with van der Waals surface area (Å²) in [6.45, 7) is 0. The highest BCUT2D eigenvalue weighted by Gasteiger charge is 2.29. The fraction of sp³-hybridized carbons (Fsp3) is 0.348. The highest BCUT2D eigenvalue weighted by Crippen LogP contribution is 2.27. The molecule has 3 aromatic rings. The van der Waals surface area contributed by atoms with Crippen LogP contribution in [0.2, 0.25) is 0 Å². The van der Waals surface area contributed by atoms with Crippen molar-refractivity contribution in [2.24, 2.45) is 0 Å². The van der Waals surface area contributed by atoms with Gasteiger partial charge in [-0.1, -0.05) is 0 Å². The molecule has 0 unspecified atom stereocenters. The molecule has 1 aliphatic rings. The lowest BCUT2D eigenvalue weighted by Crippen LogP contribution is -2.44. The largest absolute Gasteiger partial charge is 0.462 e. The molecule has 1 saturated carbocycles. The van der Waals surface area contributed by atoms with Crippen molar-refractivity contribution in [1.29, 1.82) is 0 Å². The Kier molecular flexibility index (Phi) is 6.16. The number of furan rings is 1. The Balaban J connectivity index is 1.37. The molecule has 1 fully saturated rings. The molecule has 0 atom stereocenters. The Morgan fingerprint density at radius 2 is 1.94 bits per heavy atom. The van der Waals surface area contributed by atoms with Crippen molar-refractivity contribution in [1.82, 2.24) is 15.2 Å². The van der Waals surface area contributed by atoms with Crippen molar-refractivity contribution < 1.29 is 27.2 Å². The fourth-order valence-electron chi connectivity index (χ4n) is 4.13. The van der Waals surface area contributed by atoms with Gasteiger partial charge in [0.15, 0.2) is 5.76 Å². The average molecular weight is 445 g/mol. The highest BCUT2D eigenvalue weighted by molar-refractivity contribution is 6.05. The van der Waals surface area contributed by atoms with E-state index in [1.165, 1.54) is 18.3 Å². The molecular weight excluding hydrogens is 423 g/mol. The van der Waals surface area contributed by atoms with Gasteiger partial charge in [-0.2, -0.15) is 0 Å². The van der Waals surface area contributed by atoms with Crippen LogP contribution in [0.15, 0.2) is 47.2 Å². The van der Waals surface area contributed by atoms with Gasteiger partial charge in [-0.3, -0.25) is 14.6 Å². The average Bonchev–Trinajstić information content (AvgIpc) is 3.30. The number of halogens is 3. The van der Waals surface area contributed by atoms with Crippen LogP contribution in [0, 0.1) is 5.82 Å². The van der Waals surface area contributed by atoms with Gasteiger partial charge in [-0.15, -0.1) is 0 Å². The number of rotatable bonds is 5. The van der Waals surface area contributed by atoms with E-state index in [1.807, 2.05) is 0 Å². The Morgan fingerprint density at radius 3 is 2.62 bits per heavy atom. The summed E-state index contributed by atoms with van der Waals surface area (Å²) in [5, 5.41) is 3.14. The lowest BCUT2D eigenvalue weighted by Gasteiger charge is -2.35. The van der Waals surface area contributed by atoms with Gasteiger partial charge in [0.2, 0.25) is 0 Å². The number of aromatic nitrogens is 1. The quantitative estimate of drug-likeness (QED) is 0.617. The summed E-state index contributed by atoms with van der Waals surface area (Å²) in [6, 6.07) is 6.81. The van der Waals surface area contributed by atoms with E-state index >= 15 is 0 Å². The van der Waals surface area contributed by atoms with Crippen molar-refractivity contribution in [2.75, 3.05) is 7.05 Å². The van der Waals surface area contributed by atoms with Gasteiger partial charge in [0, 0.05) is 30.7 Å². The van der Waals surface area contributed by atoms with Gasteiger partial charge in [0.1, 0.15) is 12.1 Å². The molecule has 9 heteroatoms. The number of amides is 2. The Bertz CT molecular complexity index is 1140. The molecule has 32 heavy (non-hydrogen) atoms. The molecule has 6 nitrogen and oxygen atoms in total. The molecule has 2 aromatic heterocycles. The summed E-state index contributed by atoms with van der Waals surface area (Å²) in [6.07, 6.45) is 2.37. The third kappa shape index (κ3) is 4.32. The van der Waals surface area contributed by atoms with Gasteiger partial charge in [0.05, 0.1) is 16.6 Å². The fourth-order valence-corrected chi connectivity index (χ4v) is 4.13. The molecule has 1 aromatic carbocycles. The van der Waals surface area contributed by atoms with E-state index in [2.05, 4.69) is 10.3 Å². The molecule has 2 heterocycles. The first kappa shape index (κ1) is 21.9. The number of nitrogens with zero attached hydrogens (tertiary/aromatic N) is 2. The molecule has 1 N–H and O–H groups in total. The van der Waals surface area contributed by atoms with Crippen LogP contribution in [-0.2, 0) is 0 Å². The van der Waals surface area contributed by atoms with E-state index in [0.29, 0.717) is 42.1 Å². The molecule has 1 aliphatic carbocycles. The van der Waals surface area contributed by atoms with E-state index < -0.39 is 23.9 Å². The third-order valence-electron chi connectivity index (χ3n) is 5.94. The van der Waals surface area contributed by atoms with Gasteiger partial charge in [-0.05, 0) is 56.0 Å². The van der Waals surface area contributed by atoms with Crippen LogP contribution in [-0.4, -0.2) is 40.8 Å². The third-order valence-corrected chi connectivity index (χ3v) is 5.94. The van der Waals surface area contributed by atoms with E-state index in [4.69, 9.17) is 4.42 Å². The maximum Gasteiger partial charge on any atom is 0.295 e. The summed E-state index contributed by atoms with van der Waals surface area (Å²) in [4.78, 5) is 31.2. The molecule has 4 rings (SSSR count). The topological polar surface area (TPSA) is 75.4 Å². The van der Waals surface area contributed by atoms with Gasteiger partial charge in [-0.25, -0.2) is 13.2 Å². The summed E-state index contributed by atoms with van der Waals surface area (Å²) in [5.41, 5.74) is 0.730. The molecule has 0 aliphatic heterocycles. The number of fused-ring (bicyclic) bond motifs is 1.